The van der Waals surface area contributed by atoms with E-state index in [0.717, 1.165) is 6.42 Å². The molecule has 0 bridgehead atoms. The normalized spacial score (nSPS) is 10.3. The molecular formula is C12H15BrFNO2. The van der Waals surface area contributed by atoms with Gasteiger partial charge in [-0.3, -0.25) is 4.79 Å². The fourth-order valence-corrected chi connectivity index (χ4v) is 1.66. The summed E-state index contributed by atoms with van der Waals surface area (Å²) in [5.41, 5.74) is 0.0517. The van der Waals surface area contributed by atoms with Crippen LogP contribution in [0.15, 0.2) is 22.7 Å². The van der Waals surface area contributed by atoms with Crippen molar-refractivity contribution in [2.75, 3.05) is 19.8 Å². The molecule has 0 aliphatic heterocycles. The van der Waals surface area contributed by atoms with Gasteiger partial charge in [-0.15, -0.1) is 0 Å². The lowest BCUT2D eigenvalue weighted by Crippen LogP contribution is -2.26. The van der Waals surface area contributed by atoms with E-state index in [-0.39, 0.29) is 5.56 Å². The first-order valence-electron chi connectivity index (χ1n) is 5.46. The molecule has 3 nitrogen and oxygen atoms in total. The number of hydrogen-bond donors (Lipinski definition) is 1. The van der Waals surface area contributed by atoms with Gasteiger partial charge in [0.1, 0.15) is 5.82 Å². The lowest BCUT2D eigenvalue weighted by molar-refractivity contribution is 0.0940. The molecule has 0 heterocycles. The Hall–Kier alpha value is -0.940. The van der Waals surface area contributed by atoms with Crippen molar-refractivity contribution in [3.05, 3.63) is 34.1 Å². The Bertz CT molecular complexity index is 385. The van der Waals surface area contributed by atoms with Crippen LogP contribution in [0.1, 0.15) is 23.7 Å². The first kappa shape index (κ1) is 14.1. The van der Waals surface area contributed by atoms with Gasteiger partial charge in [0.05, 0.1) is 10.0 Å². The maximum Gasteiger partial charge on any atom is 0.254 e. The molecule has 0 saturated heterocycles. The average Bonchev–Trinajstić information content (AvgIpc) is 2.32. The zero-order valence-electron chi connectivity index (χ0n) is 9.63. The first-order chi connectivity index (χ1) is 8.16. The number of benzene rings is 1. The highest BCUT2D eigenvalue weighted by Gasteiger charge is 2.12. The van der Waals surface area contributed by atoms with Crippen molar-refractivity contribution < 1.29 is 13.9 Å². The number of rotatable bonds is 6. The summed E-state index contributed by atoms with van der Waals surface area (Å²) in [4.78, 5) is 11.6. The van der Waals surface area contributed by atoms with Crippen LogP contribution in [0.5, 0.6) is 0 Å². The summed E-state index contributed by atoms with van der Waals surface area (Å²) in [7, 11) is 0. The lowest BCUT2D eigenvalue weighted by atomic mass is 10.2. The molecule has 0 aliphatic rings. The summed E-state index contributed by atoms with van der Waals surface area (Å²) in [5, 5.41) is 2.65. The third kappa shape index (κ3) is 4.44. The van der Waals surface area contributed by atoms with Crippen LogP contribution in [0.25, 0.3) is 0 Å². The minimum absolute atomic E-state index is 0.0517. The van der Waals surface area contributed by atoms with Crippen LogP contribution < -0.4 is 5.32 Å². The van der Waals surface area contributed by atoms with Crippen LogP contribution in [0.3, 0.4) is 0 Å². The highest BCUT2D eigenvalue weighted by Crippen LogP contribution is 2.18. The van der Waals surface area contributed by atoms with Crippen LogP contribution in [-0.2, 0) is 4.74 Å². The van der Waals surface area contributed by atoms with Gasteiger partial charge in [0.15, 0.2) is 0 Å². The van der Waals surface area contributed by atoms with Crippen LogP contribution in [0.4, 0.5) is 4.39 Å². The van der Waals surface area contributed by atoms with Gasteiger partial charge in [-0.25, -0.2) is 4.39 Å². The number of ether oxygens (including phenoxy) is 1. The molecule has 5 heteroatoms. The van der Waals surface area contributed by atoms with Crippen LogP contribution >= 0.6 is 15.9 Å². The summed E-state index contributed by atoms with van der Waals surface area (Å²) in [6.07, 6.45) is 0.717. The van der Waals surface area contributed by atoms with Crippen molar-refractivity contribution in [3.63, 3.8) is 0 Å². The standard InChI is InChI=1S/C12H15BrFNO2/c1-2-17-8-4-7-15-12(16)9-5-3-6-10(13)11(9)14/h3,5-6H,2,4,7-8H2,1H3,(H,15,16). The van der Waals surface area contributed by atoms with E-state index in [0.29, 0.717) is 24.2 Å². The number of halogens is 2. The zero-order valence-corrected chi connectivity index (χ0v) is 11.2. The quantitative estimate of drug-likeness (QED) is 0.821. The second-order valence-corrected chi connectivity index (χ2v) is 4.26. The molecule has 1 amide bonds. The van der Waals surface area contributed by atoms with E-state index in [9.17, 15) is 9.18 Å². The van der Waals surface area contributed by atoms with Gasteiger partial charge in [-0.1, -0.05) is 6.07 Å². The van der Waals surface area contributed by atoms with Gasteiger partial charge in [-0.2, -0.15) is 0 Å². The maximum atomic E-state index is 13.5. The first-order valence-corrected chi connectivity index (χ1v) is 6.26. The SMILES string of the molecule is CCOCCCNC(=O)c1cccc(Br)c1F. The van der Waals surface area contributed by atoms with E-state index in [1.165, 1.54) is 6.07 Å². The molecule has 0 aromatic heterocycles. The van der Waals surface area contributed by atoms with Gasteiger partial charge >= 0.3 is 0 Å². The van der Waals surface area contributed by atoms with Crippen molar-refractivity contribution in [3.8, 4) is 0 Å². The summed E-state index contributed by atoms with van der Waals surface area (Å²) in [6.45, 7) is 3.65. The molecule has 0 atom stereocenters. The molecule has 1 aromatic carbocycles. The largest absolute Gasteiger partial charge is 0.382 e. The average molecular weight is 304 g/mol. The number of carbonyl (C=O) groups is 1. The predicted octanol–water partition coefficient (Wildman–Crippen LogP) is 2.74. The molecule has 0 aliphatic carbocycles. The van der Waals surface area contributed by atoms with E-state index in [4.69, 9.17) is 4.74 Å². The second kappa shape index (κ2) is 7.40. The fraction of sp³-hybridized carbons (Fsp3) is 0.417. The van der Waals surface area contributed by atoms with E-state index in [2.05, 4.69) is 21.2 Å². The van der Waals surface area contributed by atoms with Crippen molar-refractivity contribution in [1.82, 2.24) is 5.32 Å². The minimum Gasteiger partial charge on any atom is -0.382 e. The smallest absolute Gasteiger partial charge is 0.254 e. The summed E-state index contributed by atoms with van der Waals surface area (Å²) >= 11 is 3.04. The van der Waals surface area contributed by atoms with Crippen LogP contribution in [0.2, 0.25) is 0 Å². The number of carbonyl (C=O) groups excluding carboxylic acids is 1. The Balaban J connectivity index is 2.44. The predicted molar refractivity (Wildman–Crippen MR) is 67.5 cm³/mol. The van der Waals surface area contributed by atoms with Crippen molar-refractivity contribution in [2.24, 2.45) is 0 Å². The molecule has 1 rings (SSSR count). The van der Waals surface area contributed by atoms with E-state index < -0.39 is 11.7 Å². The Morgan fingerprint density at radius 2 is 2.29 bits per heavy atom. The van der Waals surface area contributed by atoms with E-state index in [1.54, 1.807) is 12.1 Å². The minimum atomic E-state index is -0.533. The molecule has 0 unspecified atom stereocenters. The lowest BCUT2D eigenvalue weighted by Gasteiger charge is -2.06. The molecule has 0 radical (unpaired) electrons. The monoisotopic (exact) mass is 303 g/mol. The fourth-order valence-electron chi connectivity index (χ4n) is 1.29. The zero-order chi connectivity index (χ0) is 12.7. The van der Waals surface area contributed by atoms with E-state index >= 15 is 0 Å². The molecule has 1 aromatic rings. The molecule has 94 valence electrons. The highest BCUT2D eigenvalue weighted by atomic mass is 79.9. The van der Waals surface area contributed by atoms with Gasteiger partial charge in [0.25, 0.3) is 5.91 Å². The molecule has 17 heavy (non-hydrogen) atoms. The van der Waals surface area contributed by atoms with Crippen molar-refractivity contribution in [2.45, 2.75) is 13.3 Å². The second-order valence-electron chi connectivity index (χ2n) is 3.41. The molecule has 0 spiro atoms. The Labute approximate surface area is 108 Å². The third-order valence-corrected chi connectivity index (χ3v) is 2.76. The Morgan fingerprint density at radius 1 is 1.53 bits per heavy atom. The highest BCUT2D eigenvalue weighted by molar-refractivity contribution is 9.10. The molecule has 1 N–H and O–H groups in total. The third-order valence-electron chi connectivity index (χ3n) is 2.15. The summed E-state index contributed by atoms with van der Waals surface area (Å²) in [6, 6.07) is 4.64. The molecule has 0 saturated carbocycles. The van der Waals surface area contributed by atoms with Crippen molar-refractivity contribution in [1.29, 1.82) is 0 Å². The van der Waals surface area contributed by atoms with Gasteiger partial charge in [0.2, 0.25) is 0 Å². The molecular weight excluding hydrogens is 289 g/mol. The number of hydrogen-bond acceptors (Lipinski definition) is 2. The van der Waals surface area contributed by atoms with Gasteiger partial charge < -0.3 is 10.1 Å². The summed E-state index contributed by atoms with van der Waals surface area (Å²) in [5.74, 6) is -0.935. The maximum absolute atomic E-state index is 13.5. The van der Waals surface area contributed by atoms with Crippen LogP contribution in [0, 0.1) is 5.82 Å². The topological polar surface area (TPSA) is 38.3 Å². The molecule has 0 fully saturated rings. The Morgan fingerprint density at radius 3 is 3.00 bits per heavy atom. The Kier molecular flexibility index (Phi) is 6.15. The van der Waals surface area contributed by atoms with Gasteiger partial charge in [0, 0.05) is 19.8 Å². The number of amides is 1. The summed E-state index contributed by atoms with van der Waals surface area (Å²) < 4.78 is 19.0. The van der Waals surface area contributed by atoms with Gasteiger partial charge in [-0.05, 0) is 41.4 Å². The van der Waals surface area contributed by atoms with E-state index in [1.807, 2.05) is 6.92 Å². The van der Waals surface area contributed by atoms with Crippen molar-refractivity contribution >= 4 is 21.8 Å². The van der Waals surface area contributed by atoms with Crippen LogP contribution in [-0.4, -0.2) is 25.7 Å². The number of nitrogens with one attached hydrogen (secondary N) is 1.